The summed E-state index contributed by atoms with van der Waals surface area (Å²) in [5.74, 6) is 0.0453. The molecule has 30 heavy (non-hydrogen) atoms. The van der Waals surface area contributed by atoms with E-state index in [0.29, 0.717) is 21.9 Å². The SMILES string of the molecule is CCn1c(SCC(=O)Nc2ccccc2)nc2c(-c3ccc(C)cc3)csc2c1=O. The molecule has 0 saturated heterocycles. The lowest BCUT2D eigenvalue weighted by atomic mass is 10.1. The summed E-state index contributed by atoms with van der Waals surface area (Å²) in [6, 6.07) is 17.5. The van der Waals surface area contributed by atoms with Gasteiger partial charge in [0.05, 0.1) is 11.3 Å². The molecule has 0 aliphatic carbocycles. The van der Waals surface area contributed by atoms with Crippen LogP contribution in [0.3, 0.4) is 0 Å². The van der Waals surface area contributed by atoms with Crippen molar-refractivity contribution in [3.05, 3.63) is 75.9 Å². The Bertz CT molecular complexity index is 1250. The predicted octanol–water partition coefficient (Wildman–Crippen LogP) is 5.18. The molecule has 0 radical (unpaired) electrons. The summed E-state index contributed by atoms with van der Waals surface area (Å²) in [5.41, 5.74) is 4.55. The number of hydrogen-bond donors (Lipinski definition) is 1. The van der Waals surface area contributed by atoms with E-state index in [4.69, 9.17) is 4.98 Å². The van der Waals surface area contributed by atoms with Gasteiger partial charge in [-0.2, -0.15) is 0 Å². The standard InChI is InChI=1S/C23H21N3O2S2/c1-3-26-22(28)21-20(18(13-29-21)16-11-9-15(2)10-12-16)25-23(26)30-14-19(27)24-17-7-5-4-6-8-17/h4-13H,3,14H2,1-2H3,(H,24,27). The molecule has 5 nitrogen and oxygen atoms in total. The normalized spacial score (nSPS) is 11.0. The first-order valence-corrected chi connectivity index (χ1v) is 11.5. The second kappa shape index (κ2) is 8.85. The first-order valence-electron chi connectivity index (χ1n) is 9.63. The minimum absolute atomic E-state index is 0.0585. The number of amides is 1. The molecule has 0 bridgehead atoms. The van der Waals surface area contributed by atoms with Gasteiger partial charge in [0.1, 0.15) is 4.70 Å². The van der Waals surface area contributed by atoms with Gasteiger partial charge in [0, 0.05) is 23.2 Å². The van der Waals surface area contributed by atoms with Crippen LogP contribution < -0.4 is 10.9 Å². The quantitative estimate of drug-likeness (QED) is 0.335. The molecule has 0 aliphatic rings. The third-order valence-corrected chi connectivity index (χ3v) is 6.64. The van der Waals surface area contributed by atoms with E-state index in [9.17, 15) is 9.59 Å². The maximum absolute atomic E-state index is 13.0. The largest absolute Gasteiger partial charge is 0.325 e. The van der Waals surface area contributed by atoms with Crippen molar-refractivity contribution in [3.63, 3.8) is 0 Å². The summed E-state index contributed by atoms with van der Waals surface area (Å²) >= 11 is 2.70. The summed E-state index contributed by atoms with van der Waals surface area (Å²) in [4.78, 5) is 30.2. The van der Waals surface area contributed by atoms with Crippen LogP contribution >= 0.6 is 23.1 Å². The molecular weight excluding hydrogens is 414 g/mol. The molecule has 4 aromatic rings. The van der Waals surface area contributed by atoms with Crippen LogP contribution in [0, 0.1) is 6.92 Å². The van der Waals surface area contributed by atoms with Crippen molar-refractivity contribution in [2.24, 2.45) is 0 Å². The van der Waals surface area contributed by atoms with Gasteiger partial charge < -0.3 is 5.32 Å². The molecule has 1 amide bonds. The predicted molar refractivity (Wildman–Crippen MR) is 126 cm³/mol. The summed E-state index contributed by atoms with van der Waals surface area (Å²) < 4.78 is 2.28. The molecule has 152 valence electrons. The Labute approximate surface area is 182 Å². The molecule has 2 heterocycles. The van der Waals surface area contributed by atoms with E-state index in [1.807, 2.05) is 61.7 Å². The number of para-hydroxylation sites is 1. The Balaban J connectivity index is 1.65. The van der Waals surface area contributed by atoms with Gasteiger partial charge in [0.25, 0.3) is 5.56 Å². The third kappa shape index (κ3) is 4.17. The Kier molecular flexibility index (Phi) is 6.01. The summed E-state index contributed by atoms with van der Waals surface area (Å²) in [6.45, 7) is 4.46. The number of nitrogens with one attached hydrogen (secondary N) is 1. The molecule has 0 unspecified atom stereocenters. The second-order valence-electron chi connectivity index (χ2n) is 6.84. The third-order valence-electron chi connectivity index (χ3n) is 4.71. The first kappa shape index (κ1) is 20.4. The topological polar surface area (TPSA) is 64.0 Å². The van der Waals surface area contributed by atoms with Crippen LogP contribution in [0.15, 0.2) is 69.9 Å². The van der Waals surface area contributed by atoms with Crippen molar-refractivity contribution >= 4 is 44.9 Å². The summed E-state index contributed by atoms with van der Waals surface area (Å²) in [5, 5.41) is 5.41. The zero-order valence-corrected chi connectivity index (χ0v) is 18.3. The van der Waals surface area contributed by atoms with Crippen molar-refractivity contribution in [3.8, 4) is 11.1 Å². The van der Waals surface area contributed by atoms with Crippen LogP contribution in [0.5, 0.6) is 0 Å². The van der Waals surface area contributed by atoms with Crippen LogP contribution in [0.25, 0.3) is 21.3 Å². The monoisotopic (exact) mass is 435 g/mol. The zero-order valence-electron chi connectivity index (χ0n) is 16.7. The lowest BCUT2D eigenvalue weighted by molar-refractivity contribution is -0.113. The molecule has 0 aliphatic heterocycles. The number of benzene rings is 2. The van der Waals surface area contributed by atoms with Crippen molar-refractivity contribution in [2.45, 2.75) is 25.5 Å². The van der Waals surface area contributed by atoms with E-state index in [0.717, 1.165) is 16.8 Å². The van der Waals surface area contributed by atoms with Crippen molar-refractivity contribution < 1.29 is 4.79 Å². The van der Waals surface area contributed by atoms with Crippen LogP contribution in [-0.2, 0) is 11.3 Å². The van der Waals surface area contributed by atoms with Gasteiger partial charge in [-0.05, 0) is 31.5 Å². The van der Waals surface area contributed by atoms with Gasteiger partial charge in [-0.15, -0.1) is 11.3 Å². The van der Waals surface area contributed by atoms with Crippen LogP contribution in [0.4, 0.5) is 5.69 Å². The number of fused-ring (bicyclic) bond motifs is 1. The Morgan fingerprint density at radius 2 is 1.87 bits per heavy atom. The molecule has 0 atom stereocenters. The van der Waals surface area contributed by atoms with Crippen molar-refractivity contribution in [1.29, 1.82) is 0 Å². The average Bonchev–Trinajstić information content (AvgIpc) is 3.18. The molecule has 4 rings (SSSR count). The zero-order chi connectivity index (χ0) is 21.1. The first-order chi connectivity index (χ1) is 14.6. The lowest BCUT2D eigenvalue weighted by Crippen LogP contribution is -2.22. The van der Waals surface area contributed by atoms with E-state index in [1.54, 1.807) is 4.57 Å². The van der Waals surface area contributed by atoms with Gasteiger partial charge in [-0.25, -0.2) is 4.98 Å². The highest BCUT2D eigenvalue weighted by atomic mass is 32.2. The maximum atomic E-state index is 13.0. The average molecular weight is 436 g/mol. The Morgan fingerprint density at radius 3 is 2.57 bits per heavy atom. The fraction of sp³-hybridized carbons (Fsp3) is 0.174. The summed E-state index contributed by atoms with van der Waals surface area (Å²) in [7, 11) is 0. The molecule has 2 aromatic heterocycles. The highest BCUT2D eigenvalue weighted by Crippen LogP contribution is 2.32. The van der Waals surface area contributed by atoms with Crippen LogP contribution in [0.1, 0.15) is 12.5 Å². The number of carbonyl (C=O) groups excluding carboxylic acids is 1. The number of thiophene rings is 1. The van der Waals surface area contributed by atoms with Crippen molar-refractivity contribution in [1.82, 2.24) is 9.55 Å². The van der Waals surface area contributed by atoms with Gasteiger partial charge in [0.15, 0.2) is 5.16 Å². The van der Waals surface area contributed by atoms with Gasteiger partial charge in [-0.3, -0.25) is 14.2 Å². The Morgan fingerprint density at radius 1 is 1.13 bits per heavy atom. The van der Waals surface area contributed by atoms with Gasteiger partial charge >= 0.3 is 0 Å². The minimum Gasteiger partial charge on any atom is -0.325 e. The fourth-order valence-corrected chi connectivity index (χ4v) is 4.97. The molecule has 0 saturated carbocycles. The molecule has 0 spiro atoms. The van der Waals surface area contributed by atoms with E-state index in [-0.39, 0.29) is 17.2 Å². The number of thioether (sulfide) groups is 1. The number of hydrogen-bond acceptors (Lipinski definition) is 5. The van der Waals surface area contributed by atoms with E-state index in [2.05, 4.69) is 17.4 Å². The molecular formula is C23H21N3O2S2. The number of rotatable bonds is 6. The maximum Gasteiger partial charge on any atom is 0.272 e. The second-order valence-corrected chi connectivity index (χ2v) is 8.66. The molecule has 1 N–H and O–H groups in total. The van der Waals surface area contributed by atoms with Gasteiger partial charge in [-0.1, -0.05) is 59.8 Å². The molecule has 2 aromatic carbocycles. The van der Waals surface area contributed by atoms with Gasteiger partial charge in [0.2, 0.25) is 5.91 Å². The number of nitrogens with zero attached hydrogens (tertiary/aromatic N) is 2. The molecule has 7 heteroatoms. The van der Waals surface area contributed by atoms with Crippen LogP contribution in [-0.4, -0.2) is 21.2 Å². The minimum atomic E-state index is -0.132. The number of aromatic nitrogens is 2. The fourth-order valence-electron chi connectivity index (χ4n) is 3.16. The smallest absolute Gasteiger partial charge is 0.272 e. The molecule has 0 fully saturated rings. The number of carbonyl (C=O) groups is 1. The van der Waals surface area contributed by atoms with Crippen LogP contribution in [0.2, 0.25) is 0 Å². The Hall–Kier alpha value is -2.90. The summed E-state index contributed by atoms with van der Waals surface area (Å²) in [6.07, 6.45) is 0. The van der Waals surface area contributed by atoms with E-state index in [1.165, 1.54) is 28.7 Å². The van der Waals surface area contributed by atoms with Crippen molar-refractivity contribution in [2.75, 3.05) is 11.1 Å². The highest BCUT2D eigenvalue weighted by molar-refractivity contribution is 7.99. The highest BCUT2D eigenvalue weighted by Gasteiger charge is 2.17. The van der Waals surface area contributed by atoms with E-state index < -0.39 is 0 Å². The van der Waals surface area contributed by atoms with E-state index >= 15 is 0 Å². The lowest BCUT2D eigenvalue weighted by Gasteiger charge is -2.11. The number of aryl methyl sites for hydroxylation is 1. The number of anilines is 1.